The molecular formula is C25H23ClN4O2S. The molecule has 0 aliphatic rings. The Morgan fingerprint density at radius 2 is 1.58 bits per heavy atom. The lowest BCUT2D eigenvalue weighted by atomic mass is 10.0. The molecule has 0 fully saturated rings. The summed E-state index contributed by atoms with van der Waals surface area (Å²) in [7, 11) is 0. The van der Waals surface area contributed by atoms with Gasteiger partial charge in [0.25, 0.3) is 5.91 Å². The maximum absolute atomic E-state index is 12.9. The number of nitrogens with one attached hydrogen (secondary N) is 3. The number of fused-ring (bicyclic) bond motifs is 1. The van der Waals surface area contributed by atoms with E-state index in [1.807, 2.05) is 45.9 Å². The highest BCUT2D eigenvalue weighted by Gasteiger charge is 2.14. The average molecular weight is 479 g/mol. The number of benzene rings is 3. The van der Waals surface area contributed by atoms with E-state index in [0.29, 0.717) is 26.9 Å². The van der Waals surface area contributed by atoms with E-state index in [0.717, 1.165) is 32.6 Å². The molecule has 0 saturated heterocycles. The quantitative estimate of drug-likeness (QED) is 0.293. The van der Waals surface area contributed by atoms with Crippen LogP contribution in [0.3, 0.4) is 0 Å². The molecule has 0 atom stereocenters. The molecule has 0 unspecified atom stereocenters. The second-order valence-electron chi connectivity index (χ2n) is 7.99. The van der Waals surface area contributed by atoms with Crippen LogP contribution in [0.1, 0.15) is 32.6 Å². The Hall–Kier alpha value is -3.42. The molecule has 3 amide bonds. The number of halogens is 1. The molecule has 6 nitrogen and oxygen atoms in total. The van der Waals surface area contributed by atoms with Crippen molar-refractivity contribution in [2.45, 2.75) is 27.7 Å². The highest BCUT2D eigenvalue weighted by Crippen LogP contribution is 2.29. The molecule has 0 aliphatic carbocycles. The van der Waals surface area contributed by atoms with E-state index in [1.165, 1.54) is 11.3 Å². The third-order valence-corrected chi connectivity index (χ3v) is 6.42. The van der Waals surface area contributed by atoms with Crippen LogP contribution in [0.25, 0.3) is 10.2 Å². The molecule has 1 heterocycles. The van der Waals surface area contributed by atoms with Gasteiger partial charge in [-0.25, -0.2) is 9.78 Å². The SMILES string of the molecule is Cc1cc(C)c(NC(=O)c2ccc3nc(NC(=O)Nc4cc(C)ccc4Cl)sc3c2)c(C)c1. The zero-order valence-corrected chi connectivity index (χ0v) is 20.2. The lowest BCUT2D eigenvalue weighted by molar-refractivity contribution is 0.102. The number of hydrogen-bond donors (Lipinski definition) is 3. The van der Waals surface area contributed by atoms with Crippen molar-refractivity contribution in [1.82, 2.24) is 4.98 Å². The third-order valence-electron chi connectivity index (χ3n) is 5.16. The normalized spacial score (nSPS) is 10.8. The van der Waals surface area contributed by atoms with E-state index in [9.17, 15) is 9.59 Å². The number of urea groups is 1. The number of anilines is 3. The van der Waals surface area contributed by atoms with Crippen molar-refractivity contribution in [1.29, 1.82) is 0 Å². The average Bonchev–Trinajstić information content (AvgIpc) is 3.14. The van der Waals surface area contributed by atoms with Crippen molar-refractivity contribution in [3.05, 3.63) is 81.4 Å². The summed E-state index contributed by atoms with van der Waals surface area (Å²) in [6.45, 7) is 7.91. The van der Waals surface area contributed by atoms with Crippen LogP contribution in [0, 0.1) is 27.7 Å². The Morgan fingerprint density at radius 3 is 2.30 bits per heavy atom. The Labute approximate surface area is 201 Å². The number of nitrogens with zero attached hydrogens (tertiary/aromatic N) is 1. The summed E-state index contributed by atoms with van der Waals surface area (Å²) in [6, 6.07) is 14.3. The summed E-state index contributed by atoms with van der Waals surface area (Å²) in [5.74, 6) is -0.193. The van der Waals surface area contributed by atoms with Gasteiger partial charge in [0.1, 0.15) is 0 Å². The smallest absolute Gasteiger partial charge is 0.322 e. The molecule has 33 heavy (non-hydrogen) atoms. The van der Waals surface area contributed by atoms with Gasteiger partial charge in [-0.1, -0.05) is 46.7 Å². The van der Waals surface area contributed by atoms with Gasteiger partial charge in [0.15, 0.2) is 5.13 Å². The predicted octanol–water partition coefficient (Wildman–Crippen LogP) is 7.08. The number of hydrogen-bond acceptors (Lipinski definition) is 4. The topological polar surface area (TPSA) is 83.1 Å². The number of aromatic nitrogens is 1. The third kappa shape index (κ3) is 5.16. The molecule has 0 aliphatic heterocycles. The molecule has 1 aromatic heterocycles. The Bertz CT molecular complexity index is 1370. The van der Waals surface area contributed by atoms with Crippen molar-refractivity contribution in [2.24, 2.45) is 0 Å². The minimum Gasteiger partial charge on any atom is -0.322 e. The number of carbonyl (C=O) groups excluding carboxylic acids is 2. The second-order valence-corrected chi connectivity index (χ2v) is 9.43. The highest BCUT2D eigenvalue weighted by atomic mass is 35.5. The molecular weight excluding hydrogens is 456 g/mol. The fourth-order valence-corrected chi connectivity index (χ4v) is 4.73. The lowest BCUT2D eigenvalue weighted by Crippen LogP contribution is -2.19. The van der Waals surface area contributed by atoms with E-state index in [-0.39, 0.29) is 5.91 Å². The maximum Gasteiger partial charge on any atom is 0.325 e. The van der Waals surface area contributed by atoms with Gasteiger partial charge in [-0.15, -0.1) is 0 Å². The van der Waals surface area contributed by atoms with E-state index in [4.69, 9.17) is 11.6 Å². The minimum atomic E-state index is -0.440. The first kappa shape index (κ1) is 22.8. The van der Waals surface area contributed by atoms with Crippen molar-refractivity contribution in [3.8, 4) is 0 Å². The van der Waals surface area contributed by atoms with Crippen molar-refractivity contribution < 1.29 is 9.59 Å². The fourth-order valence-electron chi connectivity index (χ4n) is 3.67. The Morgan fingerprint density at radius 1 is 0.848 bits per heavy atom. The van der Waals surface area contributed by atoms with Gasteiger partial charge in [-0.3, -0.25) is 10.1 Å². The van der Waals surface area contributed by atoms with Crippen LogP contribution in [0.4, 0.5) is 21.3 Å². The Balaban J connectivity index is 1.50. The summed E-state index contributed by atoms with van der Waals surface area (Å²) < 4.78 is 0.795. The summed E-state index contributed by atoms with van der Waals surface area (Å²) >= 11 is 7.44. The number of rotatable bonds is 4. The first-order valence-corrected chi connectivity index (χ1v) is 11.5. The van der Waals surface area contributed by atoms with Gasteiger partial charge in [-0.05, 0) is 74.7 Å². The van der Waals surface area contributed by atoms with Crippen LogP contribution in [0.5, 0.6) is 0 Å². The van der Waals surface area contributed by atoms with Gasteiger partial charge < -0.3 is 10.6 Å². The van der Waals surface area contributed by atoms with Crippen LogP contribution < -0.4 is 16.0 Å². The number of aryl methyl sites for hydroxylation is 4. The zero-order chi connectivity index (χ0) is 23.7. The molecule has 0 radical (unpaired) electrons. The predicted molar refractivity (Wildman–Crippen MR) is 137 cm³/mol. The minimum absolute atomic E-state index is 0.193. The van der Waals surface area contributed by atoms with Crippen LogP contribution >= 0.6 is 22.9 Å². The van der Waals surface area contributed by atoms with Crippen molar-refractivity contribution in [2.75, 3.05) is 16.0 Å². The van der Waals surface area contributed by atoms with Crippen LogP contribution in [0.2, 0.25) is 5.02 Å². The van der Waals surface area contributed by atoms with Gasteiger partial charge in [0.05, 0.1) is 20.9 Å². The fraction of sp³-hybridized carbons (Fsp3) is 0.160. The molecule has 3 N–H and O–H groups in total. The monoisotopic (exact) mass is 478 g/mol. The van der Waals surface area contributed by atoms with E-state index >= 15 is 0 Å². The molecule has 0 spiro atoms. The first-order chi connectivity index (χ1) is 15.7. The molecule has 4 rings (SSSR count). The molecule has 168 valence electrons. The van der Waals surface area contributed by atoms with E-state index in [1.54, 1.807) is 30.3 Å². The van der Waals surface area contributed by atoms with Crippen molar-refractivity contribution >= 4 is 61.6 Å². The van der Waals surface area contributed by atoms with Gasteiger partial charge >= 0.3 is 6.03 Å². The maximum atomic E-state index is 12.9. The number of thiazole rings is 1. The van der Waals surface area contributed by atoms with Crippen LogP contribution in [0.15, 0.2) is 48.5 Å². The summed E-state index contributed by atoms with van der Waals surface area (Å²) in [6.07, 6.45) is 0. The summed E-state index contributed by atoms with van der Waals surface area (Å²) in [4.78, 5) is 29.7. The van der Waals surface area contributed by atoms with Crippen molar-refractivity contribution in [3.63, 3.8) is 0 Å². The Kier molecular flexibility index (Phi) is 6.35. The summed E-state index contributed by atoms with van der Waals surface area (Å²) in [5.41, 5.74) is 6.74. The highest BCUT2D eigenvalue weighted by molar-refractivity contribution is 7.22. The van der Waals surface area contributed by atoms with Gasteiger partial charge in [-0.2, -0.15) is 0 Å². The zero-order valence-electron chi connectivity index (χ0n) is 18.7. The number of amides is 3. The largest absolute Gasteiger partial charge is 0.325 e. The van der Waals surface area contributed by atoms with Crippen LogP contribution in [-0.2, 0) is 0 Å². The molecule has 4 aromatic rings. The molecule has 8 heteroatoms. The van der Waals surface area contributed by atoms with Gasteiger partial charge in [0, 0.05) is 11.3 Å². The van der Waals surface area contributed by atoms with Crippen LogP contribution in [-0.4, -0.2) is 16.9 Å². The second kappa shape index (κ2) is 9.21. The first-order valence-electron chi connectivity index (χ1n) is 10.3. The summed E-state index contributed by atoms with van der Waals surface area (Å²) in [5, 5.41) is 9.36. The van der Waals surface area contributed by atoms with E-state index in [2.05, 4.69) is 20.9 Å². The molecule has 3 aromatic carbocycles. The van der Waals surface area contributed by atoms with Gasteiger partial charge in [0.2, 0.25) is 0 Å². The standard InChI is InChI=1S/C25H23ClN4O2S/c1-13-5-7-18(26)20(11-13)27-24(32)30-25-28-19-8-6-17(12-21(19)33-25)23(31)29-22-15(3)9-14(2)10-16(22)4/h5-12H,1-4H3,(H,29,31)(H2,27,28,30,32). The molecule has 0 saturated carbocycles. The van der Waals surface area contributed by atoms with E-state index < -0.39 is 6.03 Å². The number of carbonyl (C=O) groups is 2. The lowest BCUT2D eigenvalue weighted by Gasteiger charge is -2.12. The molecule has 0 bridgehead atoms.